The van der Waals surface area contributed by atoms with Crippen molar-refractivity contribution >= 4 is 5.97 Å². The molecule has 3 rings (SSSR count). The van der Waals surface area contributed by atoms with Crippen LogP contribution in [0.15, 0.2) is 24.3 Å². The van der Waals surface area contributed by atoms with Gasteiger partial charge in [0.2, 0.25) is 0 Å². The Bertz CT molecular complexity index is 608. The number of tetrazole rings is 1. The molecular weight excluding hydrogens is 248 g/mol. The third kappa shape index (κ3) is 2.03. The number of hydrogen-bond donors (Lipinski definition) is 1. The minimum atomic E-state index is -0.797. The van der Waals surface area contributed by atoms with Crippen molar-refractivity contribution in [1.82, 2.24) is 20.2 Å². The van der Waals surface area contributed by atoms with Crippen LogP contribution >= 0.6 is 0 Å². The number of rotatable bonds is 4. The first-order valence-corrected chi connectivity index (χ1v) is 5.86. The van der Waals surface area contributed by atoms with Crippen molar-refractivity contribution < 1.29 is 14.6 Å². The third-order valence-electron chi connectivity index (χ3n) is 3.25. The van der Waals surface area contributed by atoms with E-state index in [1.807, 2.05) is 24.3 Å². The van der Waals surface area contributed by atoms with E-state index < -0.39 is 5.97 Å². The second kappa shape index (κ2) is 4.34. The zero-order valence-corrected chi connectivity index (χ0v) is 10.2. The van der Waals surface area contributed by atoms with E-state index in [2.05, 4.69) is 15.5 Å². The second-order valence-electron chi connectivity index (χ2n) is 4.43. The summed E-state index contributed by atoms with van der Waals surface area (Å²) in [5.41, 5.74) is 0.789. The van der Waals surface area contributed by atoms with Gasteiger partial charge in [-0.25, -0.2) is 0 Å². The standard InChI is InChI=1S/C12H12N4O3/c1-19-8-4-2-7(3-5-8)16-11(13-14-15-16)9-6-10(9)12(17)18/h2-5,9-10H,6H2,1H3,(H,17,18). The van der Waals surface area contributed by atoms with E-state index >= 15 is 0 Å². The summed E-state index contributed by atoms with van der Waals surface area (Å²) in [6.07, 6.45) is 0.589. The largest absolute Gasteiger partial charge is 0.497 e. The normalized spacial score (nSPS) is 21.1. The minimum Gasteiger partial charge on any atom is -0.497 e. The Morgan fingerprint density at radius 1 is 1.42 bits per heavy atom. The summed E-state index contributed by atoms with van der Waals surface area (Å²) in [7, 11) is 1.60. The van der Waals surface area contributed by atoms with E-state index in [1.54, 1.807) is 11.8 Å². The molecule has 1 aliphatic carbocycles. The van der Waals surface area contributed by atoms with Gasteiger partial charge in [0.05, 0.1) is 18.7 Å². The van der Waals surface area contributed by atoms with Crippen molar-refractivity contribution in [3.63, 3.8) is 0 Å². The molecule has 0 radical (unpaired) electrons. The summed E-state index contributed by atoms with van der Waals surface area (Å²) >= 11 is 0. The van der Waals surface area contributed by atoms with E-state index in [9.17, 15) is 4.79 Å². The first kappa shape index (κ1) is 11.6. The maximum Gasteiger partial charge on any atom is 0.307 e. The lowest BCUT2D eigenvalue weighted by molar-refractivity contribution is -0.138. The fraction of sp³-hybridized carbons (Fsp3) is 0.333. The van der Waals surface area contributed by atoms with Gasteiger partial charge in [0.1, 0.15) is 5.75 Å². The van der Waals surface area contributed by atoms with E-state index in [1.165, 1.54) is 0 Å². The molecule has 1 aromatic carbocycles. The van der Waals surface area contributed by atoms with Crippen LogP contribution in [0, 0.1) is 5.92 Å². The molecule has 1 saturated carbocycles. The molecule has 0 spiro atoms. The van der Waals surface area contributed by atoms with E-state index in [-0.39, 0.29) is 11.8 Å². The molecule has 1 fully saturated rings. The van der Waals surface area contributed by atoms with Gasteiger partial charge in [-0.15, -0.1) is 5.10 Å². The van der Waals surface area contributed by atoms with Crippen LogP contribution in [0.4, 0.5) is 0 Å². The zero-order chi connectivity index (χ0) is 13.4. The Labute approximate surface area is 108 Å². The van der Waals surface area contributed by atoms with Gasteiger partial charge in [-0.3, -0.25) is 4.79 Å². The fourth-order valence-corrected chi connectivity index (χ4v) is 2.09. The molecule has 2 unspecified atom stereocenters. The van der Waals surface area contributed by atoms with Crippen LogP contribution in [0.2, 0.25) is 0 Å². The van der Waals surface area contributed by atoms with Gasteiger partial charge in [0.15, 0.2) is 5.82 Å². The molecule has 0 aliphatic heterocycles. The summed E-state index contributed by atoms with van der Waals surface area (Å²) < 4.78 is 6.66. The molecule has 19 heavy (non-hydrogen) atoms. The van der Waals surface area contributed by atoms with Crippen molar-refractivity contribution in [3.05, 3.63) is 30.1 Å². The van der Waals surface area contributed by atoms with Crippen molar-refractivity contribution in [2.24, 2.45) is 5.92 Å². The summed E-state index contributed by atoms with van der Waals surface area (Å²) in [4.78, 5) is 10.9. The summed E-state index contributed by atoms with van der Waals surface area (Å²) in [5.74, 6) is 0.0673. The Morgan fingerprint density at radius 3 is 2.74 bits per heavy atom. The summed E-state index contributed by atoms with van der Waals surface area (Å²) in [6, 6.07) is 7.28. The van der Waals surface area contributed by atoms with Crippen molar-refractivity contribution in [2.75, 3.05) is 7.11 Å². The minimum absolute atomic E-state index is 0.102. The van der Waals surface area contributed by atoms with Crippen molar-refractivity contribution in [2.45, 2.75) is 12.3 Å². The molecule has 7 nitrogen and oxygen atoms in total. The fourth-order valence-electron chi connectivity index (χ4n) is 2.09. The highest BCUT2D eigenvalue weighted by molar-refractivity contribution is 5.74. The quantitative estimate of drug-likeness (QED) is 0.876. The highest BCUT2D eigenvalue weighted by Crippen LogP contribution is 2.46. The third-order valence-corrected chi connectivity index (χ3v) is 3.25. The number of carboxylic acid groups (broad SMARTS) is 1. The number of nitrogens with zero attached hydrogens (tertiary/aromatic N) is 4. The van der Waals surface area contributed by atoms with E-state index in [0.29, 0.717) is 12.2 Å². The average Bonchev–Trinajstić information content (AvgIpc) is 3.09. The van der Waals surface area contributed by atoms with Crippen LogP contribution in [0.5, 0.6) is 5.75 Å². The van der Waals surface area contributed by atoms with Gasteiger partial charge >= 0.3 is 5.97 Å². The molecule has 0 saturated heterocycles. The Balaban J connectivity index is 1.89. The molecule has 1 aliphatic rings. The van der Waals surface area contributed by atoms with Crippen LogP contribution in [0.1, 0.15) is 18.2 Å². The SMILES string of the molecule is COc1ccc(-n2nnnc2C2CC2C(=O)O)cc1. The van der Waals surface area contributed by atoms with Gasteiger partial charge in [0, 0.05) is 5.92 Å². The molecule has 7 heteroatoms. The van der Waals surface area contributed by atoms with E-state index in [0.717, 1.165) is 11.4 Å². The monoisotopic (exact) mass is 260 g/mol. The molecule has 1 N–H and O–H groups in total. The summed E-state index contributed by atoms with van der Waals surface area (Å²) in [5, 5.41) is 20.4. The van der Waals surface area contributed by atoms with E-state index in [4.69, 9.17) is 9.84 Å². The molecule has 98 valence electrons. The Hall–Kier alpha value is -2.44. The topological polar surface area (TPSA) is 90.1 Å². The lowest BCUT2D eigenvalue weighted by Gasteiger charge is -2.05. The highest BCUT2D eigenvalue weighted by atomic mass is 16.5. The second-order valence-corrected chi connectivity index (χ2v) is 4.43. The van der Waals surface area contributed by atoms with Gasteiger partial charge < -0.3 is 9.84 Å². The molecule has 0 amide bonds. The van der Waals surface area contributed by atoms with Gasteiger partial charge in [-0.05, 0) is 41.1 Å². The number of hydrogen-bond acceptors (Lipinski definition) is 5. The molecule has 1 heterocycles. The van der Waals surface area contributed by atoms with Crippen molar-refractivity contribution in [3.8, 4) is 11.4 Å². The highest BCUT2D eigenvalue weighted by Gasteiger charge is 2.47. The lowest BCUT2D eigenvalue weighted by atomic mass is 10.2. The smallest absolute Gasteiger partial charge is 0.307 e. The molecule has 2 atom stereocenters. The predicted molar refractivity (Wildman–Crippen MR) is 64.2 cm³/mol. The van der Waals surface area contributed by atoms with Crippen LogP contribution in [-0.4, -0.2) is 38.4 Å². The number of benzene rings is 1. The Morgan fingerprint density at radius 2 is 2.16 bits per heavy atom. The van der Waals surface area contributed by atoms with Gasteiger partial charge in [0.25, 0.3) is 0 Å². The maximum absolute atomic E-state index is 10.9. The first-order chi connectivity index (χ1) is 9.20. The van der Waals surface area contributed by atoms with Gasteiger partial charge in [-0.1, -0.05) is 0 Å². The van der Waals surface area contributed by atoms with Crippen LogP contribution < -0.4 is 4.74 Å². The molecule has 1 aromatic heterocycles. The van der Waals surface area contributed by atoms with Gasteiger partial charge in [-0.2, -0.15) is 4.68 Å². The number of ether oxygens (including phenoxy) is 1. The van der Waals surface area contributed by atoms with Crippen LogP contribution in [0.25, 0.3) is 5.69 Å². The first-order valence-electron chi connectivity index (χ1n) is 5.86. The number of aliphatic carboxylic acids is 1. The lowest BCUT2D eigenvalue weighted by Crippen LogP contribution is -2.05. The van der Waals surface area contributed by atoms with Crippen molar-refractivity contribution in [1.29, 1.82) is 0 Å². The van der Waals surface area contributed by atoms with Crippen LogP contribution in [0.3, 0.4) is 0 Å². The zero-order valence-electron chi connectivity index (χ0n) is 10.2. The average molecular weight is 260 g/mol. The summed E-state index contributed by atoms with van der Waals surface area (Å²) in [6.45, 7) is 0. The number of carbonyl (C=O) groups is 1. The predicted octanol–water partition coefficient (Wildman–Crippen LogP) is 0.859. The maximum atomic E-state index is 10.9. The molecule has 2 aromatic rings. The number of methoxy groups -OCH3 is 1. The number of carboxylic acids is 1. The van der Waals surface area contributed by atoms with Crippen LogP contribution in [-0.2, 0) is 4.79 Å². The molecular formula is C12H12N4O3. The molecule has 0 bridgehead atoms. The Kier molecular flexibility index (Phi) is 2.66. The number of aromatic nitrogens is 4.